The van der Waals surface area contributed by atoms with E-state index in [0.29, 0.717) is 29.3 Å². The third-order valence-corrected chi connectivity index (χ3v) is 3.94. The van der Waals surface area contributed by atoms with Gasteiger partial charge < -0.3 is 15.0 Å². The van der Waals surface area contributed by atoms with Crippen molar-refractivity contribution in [1.29, 1.82) is 0 Å². The maximum absolute atomic E-state index is 12.6. The van der Waals surface area contributed by atoms with Crippen molar-refractivity contribution >= 4 is 39.1 Å². The van der Waals surface area contributed by atoms with Gasteiger partial charge in [-0.1, -0.05) is 22.0 Å². The third kappa shape index (κ3) is 4.35. The van der Waals surface area contributed by atoms with E-state index in [9.17, 15) is 9.59 Å². The molecular formula is C18H19BrN2O3. The van der Waals surface area contributed by atoms with Crippen LogP contribution in [0, 0.1) is 0 Å². The highest BCUT2D eigenvalue weighted by atomic mass is 79.9. The minimum Gasteiger partial charge on any atom is -0.493 e. The molecule has 0 aliphatic heterocycles. The summed E-state index contributed by atoms with van der Waals surface area (Å²) in [7, 11) is 1.69. The molecule has 0 radical (unpaired) electrons. The van der Waals surface area contributed by atoms with Gasteiger partial charge in [0, 0.05) is 29.8 Å². The monoisotopic (exact) mass is 390 g/mol. The zero-order valence-corrected chi connectivity index (χ0v) is 15.4. The van der Waals surface area contributed by atoms with Crippen molar-refractivity contribution in [2.45, 2.75) is 13.8 Å². The minimum absolute atomic E-state index is 0.0795. The Hall–Kier alpha value is -2.34. The molecule has 0 aliphatic carbocycles. The van der Waals surface area contributed by atoms with Crippen LogP contribution >= 0.6 is 15.9 Å². The zero-order chi connectivity index (χ0) is 17.7. The van der Waals surface area contributed by atoms with E-state index in [-0.39, 0.29) is 11.8 Å². The van der Waals surface area contributed by atoms with Crippen LogP contribution in [0.3, 0.4) is 0 Å². The second kappa shape index (κ2) is 7.97. The second-order valence-electron chi connectivity index (χ2n) is 5.16. The molecule has 0 saturated heterocycles. The first-order chi connectivity index (χ1) is 11.4. The zero-order valence-electron chi connectivity index (χ0n) is 13.8. The van der Waals surface area contributed by atoms with Crippen molar-refractivity contribution in [3.05, 3.63) is 52.5 Å². The van der Waals surface area contributed by atoms with Crippen LogP contribution in [-0.4, -0.2) is 25.5 Å². The summed E-state index contributed by atoms with van der Waals surface area (Å²) in [5.74, 6) is 0.168. The predicted octanol–water partition coefficient (Wildman–Crippen LogP) is 4.08. The first-order valence-corrected chi connectivity index (χ1v) is 8.29. The molecule has 0 fully saturated rings. The molecule has 24 heavy (non-hydrogen) atoms. The lowest BCUT2D eigenvalue weighted by atomic mass is 10.1. The van der Waals surface area contributed by atoms with E-state index in [0.717, 1.165) is 4.47 Å². The Labute approximate surface area is 149 Å². The molecule has 2 aromatic rings. The van der Waals surface area contributed by atoms with Crippen LogP contribution in [0.15, 0.2) is 46.9 Å². The van der Waals surface area contributed by atoms with Gasteiger partial charge in [-0.05, 0) is 43.3 Å². The predicted molar refractivity (Wildman–Crippen MR) is 98.8 cm³/mol. The first kappa shape index (κ1) is 18.0. The Morgan fingerprint density at radius 1 is 1.21 bits per heavy atom. The largest absolute Gasteiger partial charge is 0.493 e. The average molecular weight is 391 g/mol. The highest BCUT2D eigenvalue weighted by molar-refractivity contribution is 9.10. The van der Waals surface area contributed by atoms with E-state index in [1.807, 2.05) is 19.1 Å². The lowest BCUT2D eigenvalue weighted by Gasteiger charge is -2.16. The van der Waals surface area contributed by atoms with E-state index < -0.39 is 0 Å². The Morgan fingerprint density at radius 3 is 2.62 bits per heavy atom. The molecule has 0 saturated carbocycles. The van der Waals surface area contributed by atoms with Crippen LogP contribution in [0.5, 0.6) is 5.75 Å². The van der Waals surface area contributed by atoms with Gasteiger partial charge in [0.15, 0.2) is 0 Å². The van der Waals surface area contributed by atoms with Crippen molar-refractivity contribution in [3.63, 3.8) is 0 Å². The fourth-order valence-corrected chi connectivity index (χ4v) is 2.49. The molecular weight excluding hydrogens is 372 g/mol. The molecule has 0 aliphatic rings. The van der Waals surface area contributed by atoms with Gasteiger partial charge >= 0.3 is 0 Å². The van der Waals surface area contributed by atoms with Crippen LogP contribution in [0.2, 0.25) is 0 Å². The number of hydrogen-bond acceptors (Lipinski definition) is 3. The van der Waals surface area contributed by atoms with Crippen molar-refractivity contribution < 1.29 is 14.3 Å². The van der Waals surface area contributed by atoms with E-state index in [4.69, 9.17) is 4.74 Å². The van der Waals surface area contributed by atoms with Crippen LogP contribution in [0.1, 0.15) is 24.2 Å². The number of halogens is 1. The number of anilines is 2. The normalized spacial score (nSPS) is 10.2. The van der Waals surface area contributed by atoms with Gasteiger partial charge in [0.05, 0.1) is 12.2 Å². The lowest BCUT2D eigenvalue weighted by molar-refractivity contribution is -0.116. The Morgan fingerprint density at radius 2 is 1.96 bits per heavy atom. The van der Waals surface area contributed by atoms with Crippen molar-refractivity contribution in [1.82, 2.24) is 0 Å². The van der Waals surface area contributed by atoms with Gasteiger partial charge in [0.1, 0.15) is 5.75 Å². The molecule has 6 heteroatoms. The number of hydrogen-bond donors (Lipinski definition) is 1. The third-order valence-electron chi connectivity index (χ3n) is 3.45. The SMILES string of the molecule is CCOc1ccc(Br)cc1C(=O)Nc1cccc(N(C)C(C)=O)c1. The minimum atomic E-state index is -0.276. The van der Waals surface area contributed by atoms with E-state index in [2.05, 4.69) is 21.2 Å². The number of nitrogens with one attached hydrogen (secondary N) is 1. The van der Waals surface area contributed by atoms with Crippen LogP contribution in [-0.2, 0) is 4.79 Å². The van der Waals surface area contributed by atoms with E-state index >= 15 is 0 Å². The molecule has 0 bridgehead atoms. The van der Waals surface area contributed by atoms with Gasteiger partial charge in [0.25, 0.3) is 5.91 Å². The number of amides is 2. The molecule has 126 valence electrons. The Balaban J connectivity index is 2.26. The number of carbonyl (C=O) groups is 2. The number of benzene rings is 2. The quantitative estimate of drug-likeness (QED) is 0.836. The number of nitrogens with zero attached hydrogens (tertiary/aromatic N) is 1. The standard InChI is InChI=1S/C18H19BrN2O3/c1-4-24-17-9-8-13(19)10-16(17)18(23)20-14-6-5-7-15(11-14)21(3)12(2)22/h5-11H,4H2,1-3H3,(H,20,23). The molecule has 1 N–H and O–H groups in total. The molecule has 2 amide bonds. The van der Waals surface area contributed by atoms with Gasteiger partial charge in [-0.2, -0.15) is 0 Å². The summed E-state index contributed by atoms with van der Waals surface area (Å²) in [6.07, 6.45) is 0. The van der Waals surface area contributed by atoms with Gasteiger partial charge in [-0.25, -0.2) is 0 Å². The van der Waals surface area contributed by atoms with Crippen molar-refractivity contribution in [3.8, 4) is 5.75 Å². The molecule has 0 unspecified atom stereocenters. The number of carbonyl (C=O) groups excluding carboxylic acids is 2. The summed E-state index contributed by atoms with van der Waals surface area (Å²) in [6, 6.07) is 12.4. The summed E-state index contributed by atoms with van der Waals surface area (Å²) < 4.78 is 6.30. The molecule has 2 rings (SSSR count). The fraction of sp³-hybridized carbons (Fsp3) is 0.222. The molecule has 0 spiro atoms. The van der Waals surface area contributed by atoms with Gasteiger partial charge in [-0.15, -0.1) is 0 Å². The summed E-state index contributed by atoms with van der Waals surface area (Å²) in [4.78, 5) is 25.6. The maximum atomic E-state index is 12.6. The number of ether oxygens (including phenoxy) is 1. The van der Waals surface area contributed by atoms with Crippen LogP contribution in [0.25, 0.3) is 0 Å². The fourth-order valence-electron chi connectivity index (χ4n) is 2.13. The summed E-state index contributed by atoms with van der Waals surface area (Å²) in [5.41, 5.74) is 1.75. The Kier molecular flexibility index (Phi) is 5.98. The lowest BCUT2D eigenvalue weighted by Crippen LogP contribution is -2.23. The van der Waals surface area contributed by atoms with E-state index in [1.165, 1.54) is 11.8 Å². The maximum Gasteiger partial charge on any atom is 0.259 e. The van der Waals surface area contributed by atoms with Gasteiger partial charge in [0.2, 0.25) is 5.91 Å². The summed E-state index contributed by atoms with van der Waals surface area (Å²) >= 11 is 3.37. The van der Waals surface area contributed by atoms with Gasteiger partial charge in [-0.3, -0.25) is 9.59 Å². The van der Waals surface area contributed by atoms with Crippen molar-refractivity contribution in [2.24, 2.45) is 0 Å². The van der Waals surface area contributed by atoms with Crippen LogP contribution in [0.4, 0.5) is 11.4 Å². The van der Waals surface area contributed by atoms with Crippen LogP contribution < -0.4 is 15.0 Å². The topological polar surface area (TPSA) is 58.6 Å². The van der Waals surface area contributed by atoms with Crippen molar-refractivity contribution in [2.75, 3.05) is 23.9 Å². The molecule has 0 aromatic heterocycles. The first-order valence-electron chi connectivity index (χ1n) is 7.50. The smallest absolute Gasteiger partial charge is 0.259 e. The molecule has 0 heterocycles. The molecule has 2 aromatic carbocycles. The average Bonchev–Trinajstić information content (AvgIpc) is 2.56. The highest BCUT2D eigenvalue weighted by Crippen LogP contribution is 2.25. The summed E-state index contributed by atoms with van der Waals surface area (Å²) in [6.45, 7) is 3.83. The molecule has 0 atom stereocenters. The Bertz CT molecular complexity index is 762. The molecule has 5 nitrogen and oxygen atoms in total. The second-order valence-corrected chi connectivity index (χ2v) is 6.07. The van der Waals surface area contributed by atoms with E-state index in [1.54, 1.807) is 37.4 Å². The number of rotatable bonds is 5. The highest BCUT2D eigenvalue weighted by Gasteiger charge is 2.14. The summed E-state index contributed by atoms with van der Waals surface area (Å²) in [5, 5.41) is 2.84.